The molecule has 2 rings (SSSR count). The van der Waals surface area contributed by atoms with Gasteiger partial charge in [0.05, 0.1) is 4.75 Å². The number of Topliss-reactive ketones (excluding diaryl/α,β-unsaturated/α-hetero) is 1. The summed E-state index contributed by atoms with van der Waals surface area (Å²) in [4.78, 5) is 13.2. The van der Waals surface area contributed by atoms with Gasteiger partial charge in [-0.15, -0.1) is 11.8 Å². The molecule has 2 nitrogen and oxygen atoms in total. The summed E-state index contributed by atoms with van der Waals surface area (Å²) in [6.45, 7) is 4.13. The number of carbonyl (C=O) groups is 1. The molecule has 0 aliphatic carbocycles. The summed E-state index contributed by atoms with van der Waals surface area (Å²) in [7, 11) is 0. The summed E-state index contributed by atoms with van der Waals surface area (Å²) in [6, 6.07) is 5.60. The first kappa shape index (κ1) is 10.6. The molecular formula is C12H15NOS. The maximum absolute atomic E-state index is 12.3. The predicted molar refractivity (Wildman–Crippen MR) is 64.4 cm³/mol. The molecule has 1 aliphatic rings. The fourth-order valence-corrected chi connectivity index (χ4v) is 3.39. The molecule has 1 aliphatic heterocycles. The van der Waals surface area contributed by atoms with Crippen molar-refractivity contribution >= 4 is 23.2 Å². The largest absolute Gasteiger partial charge is 0.398 e. The van der Waals surface area contributed by atoms with Crippen molar-refractivity contribution in [2.45, 2.75) is 36.3 Å². The minimum atomic E-state index is -0.266. The second-order valence-electron chi connectivity index (χ2n) is 3.86. The van der Waals surface area contributed by atoms with Crippen molar-refractivity contribution in [3.63, 3.8) is 0 Å². The number of rotatable bonds is 2. The Balaban J connectivity index is 2.54. The van der Waals surface area contributed by atoms with E-state index in [4.69, 9.17) is 5.73 Å². The minimum Gasteiger partial charge on any atom is -0.398 e. The van der Waals surface area contributed by atoms with Crippen LogP contribution < -0.4 is 5.73 Å². The van der Waals surface area contributed by atoms with Crippen molar-refractivity contribution in [2.24, 2.45) is 0 Å². The van der Waals surface area contributed by atoms with Crippen LogP contribution >= 0.6 is 11.8 Å². The van der Waals surface area contributed by atoms with Gasteiger partial charge in [0.2, 0.25) is 0 Å². The molecule has 1 aromatic rings. The lowest BCUT2D eigenvalue weighted by molar-refractivity contribution is 0.0941. The average Bonchev–Trinajstić information content (AvgIpc) is 2.55. The fraction of sp³-hybridized carbons (Fsp3) is 0.417. The van der Waals surface area contributed by atoms with Gasteiger partial charge in [-0.2, -0.15) is 0 Å². The van der Waals surface area contributed by atoms with Crippen molar-refractivity contribution in [1.29, 1.82) is 0 Å². The molecule has 0 spiro atoms. The van der Waals surface area contributed by atoms with E-state index in [1.807, 2.05) is 18.2 Å². The Hall–Kier alpha value is -0.960. The van der Waals surface area contributed by atoms with Crippen LogP contribution in [0.4, 0.5) is 5.69 Å². The third kappa shape index (κ3) is 1.37. The average molecular weight is 221 g/mol. The molecular weight excluding hydrogens is 206 g/mol. The van der Waals surface area contributed by atoms with E-state index in [0.717, 1.165) is 29.0 Å². The van der Waals surface area contributed by atoms with Crippen LogP contribution in [-0.2, 0) is 0 Å². The molecule has 15 heavy (non-hydrogen) atoms. The number of ketones is 1. The van der Waals surface area contributed by atoms with E-state index < -0.39 is 0 Å². The SMILES string of the molecule is CCC1(CC)Sc2c(N)cccc2C1=O. The molecule has 80 valence electrons. The first-order valence-electron chi connectivity index (χ1n) is 5.27. The molecule has 0 saturated carbocycles. The van der Waals surface area contributed by atoms with E-state index in [0.29, 0.717) is 0 Å². The van der Waals surface area contributed by atoms with Crippen molar-refractivity contribution < 1.29 is 4.79 Å². The van der Waals surface area contributed by atoms with E-state index in [9.17, 15) is 4.79 Å². The number of hydrogen-bond donors (Lipinski definition) is 1. The van der Waals surface area contributed by atoms with Gasteiger partial charge < -0.3 is 5.73 Å². The van der Waals surface area contributed by atoms with Crippen molar-refractivity contribution in [3.05, 3.63) is 23.8 Å². The summed E-state index contributed by atoms with van der Waals surface area (Å²) in [5.74, 6) is 0.250. The zero-order valence-electron chi connectivity index (χ0n) is 9.04. The normalized spacial score (nSPS) is 17.9. The van der Waals surface area contributed by atoms with Gasteiger partial charge in [0, 0.05) is 16.1 Å². The molecule has 2 N–H and O–H groups in total. The highest BCUT2D eigenvalue weighted by atomic mass is 32.2. The first-order valence-corrected chi connectivity index (χ1v) is 6.08. The zero-order chi connectivity index (χ0) is 11.1. The molecule has 0 atom stereocenters. The highest BCUT2D eigenvalue weighted by Gasteiger charge is 2.44. The minimum absolute atomic E-state index is 0.250. The lowest BCUT2D eigenvalue weighted by Crippen LogP contribution is -2.29. The maximum atomic E-state index is 12.3. The number of thioether (sulfide) groups is 1. The number of anilines is 1. The number of fused-ring (bicyclic) bond motifs is 1. The second kappa shape index (κ2) is 3.56. The Labute approximate surface area is 94.2 Å². The van der Waals surface area contributed by atoms with Gasteiger partial charge in [-0.25, -0.2) is 0 Å². The molecule has 0 saturated heterocycles. The van der Waals surface area contributed by atoms with Crippen LogP contribution in [0.3, 0.4) is 0 Å². The smallest absolute Gasteiger partial charge is 0.180 e. The Kier molecular flexibility index (Phi) is 2.51. The van der Waals surface area contributed by atoms with Gasteiger partial charge in [0.15, 0.2) is 5.78 Å². The summed E-state index contributed by atoms with van der Waals surface area (Å²) in [6.07, 6.45) is 1.72. The zero-order valence-corrected chi connectivity index (χ0v) is 9.86. The van der Waals surface area contributed by atoms with Crippen molar-refractivity contribution in [1.82, 2.24) is 0 Å². The quantitative estimate of drug-likeness (QED) is 0.780. The molecule has 1 heterocycles. The summed E-state index contributed by atoms with van der Waals surface area (Å²) in [5, 5.41) is 0. The van der Waals surface area contributed by atoms with Gasteiger partial charge in [-0.3, -0.25) is 4.79 Å². The van der Waals surface area contributed by atoms with E-state index in [1.165, 1.54) is 0 Å². The summed E-state index contributed by atoms with van der Waals surface area (Å²) in [5.41, 5.74) is 7.43. The molecule has 0 amide bonds. The van der Waals surface area contributed by atoms with Gasteiger partial charge in [-0.05, 0) is 18.9 Å². The van der Waals surface area contributed by atoms with Gasteiger partial charge >= 0.3 is 0 Å². The molecule has 0 aromatic heterocycles. The van der Waals surface area contributed by atoms with E-state index in [1.54, 1.807) is 11.8 Å². The summed E-state index contributed by atoms with van der Waals surface area (Å²) < 4.78 is -0.266. The van der Waals surface area contributed by atoms with E-state index >= 15 is 0 Å². The number of nitrogens with two attached hydrogens (primary N) is 1. The molecule has 0 radical (unpaired) electrons. The fourth-order valence-electron chi connectivity index (χ4n) is 2.05. The number of hydrogen-bond acceptors (Lipinski definition) is 3. The monoisotopic (exact) mass is 221 g/mol. The molecule has 0 unspecified atom stereocenters. The topological polar surface area (TPSA) is 43.1 Å². The van der Waals surface area contributed by atoms with Crippen molar-refractivity contribution in [3.8, 4) is 0 Å². The van der Waals surface area contributed by atoms with Crippen LogP contribution in [0.1, 0.15) is 37.0 Å². The van der Waals surface area contributed by atoms with Crippen molar-refractivity contribution in [2.75, 3.05) is 5.73 Å². The van der Waals surface area contributed by atoms with Gasteiger partial charge in [-0.1, -0.05) is 26.0 Å². The molecule has 0 bridgehead atoms. The van der Waals surface area contributed by atoms with Gasteiger partial charge in [0.25, 0.3) is 0 Å². The Morgan fingerprint density at radius 3 is 2.53 bits per heavy atom. The third-order valence-electron chi connectivity index (χ3n) is 3.14. The molecule has 3 heteroatoms. The Bertz CT molecular complexity index is 410. The Morgan fingerprint density at radius 2 is 2.00 bits per heavy atom. The van der Waals surface area contributed by atoms with Crippen LogP contribution in [0, 0.1) is 0 Å². The lowest BCUT2D eigenvalue weighted by atomic mass is 9.92. The maximum Gasteiger partial charge on any atom is 0.180 e. The van der Waals surface area contributed by atoms with Crippen LogP contribution in [0.15, 0.2) is 23.1 Å². The molecule has 0 fully saturated rings. The number of benzene rings is 1. The van der Waals surface area contributed by atoms with Gasteiger partial charge in [0.1, 0.15) is 0 Å². The van der Waals surface area contributed by atoms with Crippen LogP contribution in [0.2, 0.25) is 0 Å². The van der Waals surface area contributed by atoms with E-state index in [2.05, 4.69) is 13.8 Å². The highest BCUT2D eigenvalue weighted by molar-refractivity contribution is 8.02. The third-order valence-corrected chi connectivity index (χ3v) is 4.96. The number of nitrogen functional groups attached to an aromatic ring is 1. The van der Waals surface area contributed by atoms with Crippen LogP contribution in [-0.4, -0.2) is 10.5 Å². The lowest BCUT2D eigenvalue weighted by Gasteiger charge is -2.22. The summed E-state index contributed by atoms with van der Waals surface area (Å²) >= 11 is 1.64. The van der Waals surface area contributed by atoms with Crippen LogP contribution in [0.25, 0.3) is 0 Å². The number of carbonyl (C=O) groups excluding carboxylic acids is 1. The molecule has 1 aromatic carbocycles. The van der Waals surface area contributed by atoms with Crippen LogP contribution in [0.5, 0.6) is 0 Å². The van der Waals surface area contributed by atoms with E-state index in [-0.39, 0.29) is 10.5 Å². The standard InChI is InChI=1S/C12H15NOS/c1-3-12(4-2)11(14)8-6-5-7-9(13)10(8)15-12/h5-7H,3-4,13H2,1-2H3. The first-order chi connectivity index (χ1) is 7.14. The second-order valence-corrected chi connectivity index (χ2v) is 5.25. The Morgan fingerprint density at radius 1 is 1.33 bits per heavy atom. The predicted octanol–water partition coefficient (Wildman–Crippen LogP) is 3.12. The highest BCUT2D eigenvalue weighted by Crippen LogP contribution is 2.50.